The van der Waals surface area contributed by atoms with Crippen LogP contribution in [-0.2, 0) is 19.9 Å². The summed E-state index contributed by atoms with van der Waals surface area (Å²) in [4.78, 5) is 0.152. The Hall–Kier alpha value is -1.67. The van der Waals surface area contributed by atoms with Crippen molar-refractivity contribution in [3.8, 4) is 0 Å². The number of nitrogens with zero attached hydrogens (tertiary/aromatic N) is 1. The maximum atomic E-state index is 12.5. The highest BCUT2D eigenvalue weighted by molar-refractivity contribution is 7.93. The van der Waals surface area contributed by atoms with E-state index in [-0.39, 0.29) is 18.0 Å². The van der Waals surface area contributed by atoms with E-state index in [4.69, 9.17) is 11.6 Å². The van der Waals surface area contributed by atoms with Crippen molar-refractivity contribution in [1.29, 1.82) is 0 Å². The van der Waals surface area contributed by atoms with Crippen molar-refractivity contribution >= 4 is 37.5 Å². The number of hydrogen-bond acceptors (Lipinski definition) is 4. The molecule has 3 rings (SSSR count). The van der Waals surface area contributed by atoms with E-state index < -0.39 is 25.1 Å². The summed E-state index contributed by atoms with van der Waals surface area (Å²) in [7, 11) is -7.20. The van der Waals surface area contributed by atoms with Gasteiger partial charge in [-0.1, -0.05) is 41.9 Å². The van der Waals surface area contributed by atoms with Gasteiger partial charge in [-0.3, -0.25) is 0 Å². The van der Waals surface area contributed by atoms with Gasteiger partial charge in [-0.05, 0) is 35.9 Å². The molecule has 1 aliphatic heterocycles. The summed E-state index contributed by atoms with van der Waals surface area (Å²) in [6, 6.07) is 14.9. The molecule has 0 aromatic heterocycles. The van der Waals surface area contributed by atoms with Crippen LogP contribution in [0.15, 0.2) is 64.9 Å². The summed E-state index contributed by atoms with van der Waals surface area (Å²) in [5.41, 5.74) is 0.761. The quantitative estimate of drug-likeness (QED) is 0.777. The minimum Gasteiger partial charge on any atom is -0.223 e. The molecular formula is C17H16ClNO4S2. The third-order valence-electron chi connectivity index (χ3n) is 3.99. The second-order valence-electron chi connectivity index (χ2n) is 5.70. The normalized spacial score (nSPS) is 16.8. The Balaban J connectivity index is 1.69. The minimum absolute atomic E-state index is 0.0492. The Labute approximate surface area is 152 Å². The number of benzene rings is 2. The number of halogens is 1. The van der Waals surface area contributed by atoms with E-state index in [1.165, 1.54) is 30.3 Å². The Morgan fingerprint density at radius 1 is 0.920 bits per heavy atom. The zero-order valence-corrected chi connectivity index (χ0v) is 15.5. The van der Waals surface area contributed by atoms with Crippen molar-refractivity contribution in [2.75, 3.05) is 13.1 Å². The van der Waals surface area contributed by atoms with Gasteiger partial charge in [0, 0.05) is 23.5 Å². The van der Waals surface area contributed by atoms with Crippen molar-refractivity contribution in [1.82, 2.24) is 4.31 Å². The lowest BCUT2D eigenvalue weighted by atomic mass is 10.2. The van der Waals surface area contributed by atoms with Crippen molar-refractivity contribution in [3.05, 3.63) is 70.6 Å². The van der Waals surface area contributed by atoms with Crippen LogP contribution in [0.4, 0.5) is 0 Å². The molecule has 0 saturated carbocycles. The summed E-state index contributed by atoms with van der Waals surface area (Å²) in [5.74, 6) is 0. The molecule has 0 unspecified atom stereocenters. The van der Waals surface area contributed by atoms with Gasteiger partial charge in [0.05, 0.1) is 10.1 Å². The molecule has 132 valence electrons. The second kappa shape index (κ2) is 6.92. The average Bonchev–Trinajstić information content (AvgIpc) is 2.52. The van der Waals surface area contributed by atoms with E-state index >= 15 is 0 Å². The topological polar surface area (TPSA) is 71.5 Å². The number of rotatable bonds is 5. The molecule has 8 heteroatoms. The van der Waals surface area contributed by atoms with E-state index in [2.05, 4.69) is 0 Å². The van der Waals surface area contributed by atoms with Crippen LogP contribution in [0, 0.1) is 0 Å². The van der Waals surface area contributed by atoms with Crippen molar-refractivity contribution < 1.29 is 16.8 Å². The number of sulfone groups is 1. The first-order chi connectivity index (χ1) is 11.8. The van der Waals surface area contributed by atoms with Crippen LogP contribution in [-0.4, -0.2) is 39.5 Å². The molecule has 2 aromatic rings. The van der Waals surface area contributed by atoms with Gasteiger partial charge in [-0.25, -0.2) is 16.8 Å². The third-order valence-corrected chi connectivity index (χ3v) is 7.84. The molecular weight excluding hydrogens is 382 g/mol. The fourth-order valence-corrected chi connectivity index (χ4v) is 5.68. The Kier molecular flexibility index (Phi) is 5.02. The van der Waals surface area contributed by atoms with Crippen LogP contribution in [0.2, 0.25) is 5.02 Å². The molecule has 2 aromatic carbocycles. The molecule has 1 heterocycles. The zero-order chi connectivity index (χ0) is 18.1. The monoisotopic (exact) mass is 397 g/mol. The van der Waals surface area contributed by atoms with E-state index in [0.29, 0.717) is 5.02 Å². The number of sulfonamides is 1. The van der Waals surface area contributed by atoms with Crippen molar-refractivity contribution in [3.63, 3.8) is 0 Å². The van der Waals surface area contributed by atoms with Crippen LogP contribution < -0.4 is 0 Å². The van der Waals surface area contributed by atoms with E-state index in [9.17, 15) is 16.8 Å². The molecule has 0 amide bonds. The van der Waals surface area contributed by atoms with Crippen LogP contribution in [0.1, 0.15) is 5.56 Å². The Morgan fingerprint density at radius 3 is 2.12 bits per heavy atom. The highest BCUT2D eigenvalue weighted by Crippen LogP contribution is 2.27. The molecule has 1 fully saturated rings. The molecule has 0 N–H and O–H groups in total. The van der Waals surface area contributed by atoms with Crippen molar-refractivity contribution in [2.24, 2.45) is 0 Å². The van der Waals surface area contributed by atoms with Crippen LogP contribution in [0.25, 0.3) is 6.08 Å². The molecule has 0 radical (unpaired) electrons. The standard InChI is InChI=1S/C17H16ClNO4S2/c18-15-6-8-16(9-7-15)25(22,23)17-12-19(13-17)24(20,21)11-10-14-4-2-1-3-5-14/h1-11,17H,12-13H2. The molecule has 0 bridgehead atoms. The summed E-state index contributed by atoms with van der Waals surface area (Å²) < 4.78 is 50.7. The highest BCUT2D eigenvalue weighted by atomic mass is 35.5. The molecule has 1 saturated heterocycles. The van der Waals surface area contributed by atoms with Gasteiger partial charge in [-0.15, -0.1) is 0 Å². The zero-order valence-electron chi connectivity index (χ0n) is 13.1. The fourth-order valence-electron chi connectivity index (χ4n) is 2.44. The minimum atomic E-state index is -3.64. The lowest BCUT2D eigenvalue weighted by Crippen LogP contribution is -2.56. The van der Waals surface area contributed by atoms with Crippen LogP contribution >= 0.6 is 11.6 Å². The second-order valence-corrected chi connectivity index (χ2v) is 10.2. The van der Waals surface area contributed by atoms with Gasteiger partial charge >= 0.3 is 0 Å². The summed E-state index contributed by atoms with van der Waals surface area (Å²) >= 11 is 5.77. The van der Waals surface area contributed by atoms with Crippen LogP contribution in [0.3, 0.4) is 0 Å². The summed E-state index contributed by atoms with van der Waals surface area (Å²) in [5, 5.41) is 0.810. The van der Waals surface area contributed by atoms with Crippen LogP contribution in [0.5, 0.6) is 0 Å². The molecule has 25 heavy (non-hydrogen) atoms. The van der Waals surface area contributed by atoms with Crippen molar-refractivity contribution in [2.45, 2.75) is 10.1 Å². The Bertz CT molecular complexity index is 979. The van der Waals surface area contributed by atoms with Gasteiger partial charge in [0.25, 0.3) is 0 Å². The highest BCUT2D eigenvalue weighted by Gasteiger charge is 2.42. The maximum Gasteiger partial charge on any atom is 0.236 e. The molecule has 5 nitrogen and oxygen atoms in total. The predicted octanol–water partition coefficient (Wildman–Crippen LogP) is 2.80. The summed E-state index contributed by atoms with van der Waals surface area (Å²) in [6.45, 7) is -0.0984. The van der Waals surface area contributed by atoms with E-state index in [1.807, 2.05) is 18.2 Å². The smallest absolute Gasteiger partial charge is 0.223 e. The van der Waals surface area contributed by atoms with Gasteiger partial charge < -0.3 is 0 Å². The van der Waals surface area contributed by atoms with E-state index in [0.717, 1.165) is 15.3 Å². The Morgan fingerprint density at radius 2 is 1.52 bits per heavy atom. The van der Waals surface area contributed by atoms with Gasteiger partial charge in [0.2, 0.25) is 10.0 Å². The van der Waals surface area contributed by atoms with Gasteiger partial charge in [0.15, 0.2) is 9.84 Å². The molecule has 1 aliphatic rings. The van der Waals surface area contributed by atoms with Gasteiger partial charge in [0.1, 0.15) is 0 Å². The average molecular weight is 398 g/mol. The SMILES string of the molecule is O=S(=O)(c1ccc(Cl)cc1)C1CN(S(=O)(=O)C=Cc2ccccc2)C1. The predicted molar refractivity (Wildman–Crippen MR) is 98.4 cm³/mol. The maximum absolute atomic E-state index is 12.5. The lowest BCUT2D eigenvalue weighted by Gasteiger charge is -2.36. The third kappa shape index (κ3) is 3.95. The fraction of sp³-hybridized carbons (Fsp3) is 0.176. The largest absolute Gasteiger partial charge is 0.236 e. The van der Waals surface area contributed by atoms with E-state index in [1.54, 1.807) is 12.1 Å². The van der Waals surface area contributed by atoms with Gasteiger partial charge in [-0.2, -0.15) is 4.31 Å². The lowest BCUT2D eigenvalue weighted by molar-refractivity contribution is 0.313. The first kappa shape index (κ1) is 18.1. The summed E-state index contributed by atoms with van der Waals surface area (Å²) in [6.07, 6.45) is 1.50. The first-order valence-electron chi connectivity index (χ1n) is 7.52. The number of hydrogen-bond donors (Lipinski definition) is 0. The first-order valence-corrected chi connectivity index (χ1v) is 10.9. The molecule has 0 spiro atoms. The molecule has 0 aliphatic carbocycles. The molecule has 0 atom stereocenters.